The van der Waals surface area contributed by atoms with Crippen molar-refractivity contribution >= 4 is 53.7 Å². The number of aryl methyl sites for hydroxylation is 1. The van der Waals surface area contributed by atoms with Gasteiger partial charge in [-0.1, -0.05) is 34.1 Å². The van der Waals surface area contributed by atoms with E-state index in [0.29, 0.717) is 5.56 Å². The highest BCUT2D eigenvalue weighted by molar-refractivity contribution is 9.10. The van der Waals surface area contributed by atoms with Gasteiger partial charge in [-0.3, -0.25) is 4.79 Å². The van der Waals surface area contributed by atoms with E-state index in [1.165, 1.54) is 12.1 Å². The van der Waals surface area contributed by atoms with E-state index in [1.54, 1.807) is 24.3 Å². The van der Waals surface area contributed by atoms with Crippen molar-refractivity contribution in [3.63, 3.8) is 0 Å². The second kappa shape index (κ2) is 6.51. The molecule has 3 aromatic carbocycles. The highest BCUT2D eigenvalue weighted by atomic mass is 79.9. The molecule has 0 atom stereocenters. The molecule has 1 heterocycles. The standard InChI is InChI=1S/C20H15BrN2O3S/c1-23-18-5-3-2-4-16(18)17-12-13(6-11-19(17)23)20(24)22-27(25,26)15-9-7-14(21)8-10-15/h2-12H,1H3,(H,22,24). The lowest BCUT2D eigenvalue weighted by molar-refractivity contribution is 0.0981. The van der Waals surface area contributed by atoms with Crippen LogP contribution in [0.15, 0.2) is 76.1 Å². The van der Waals surface area contributed by atoms with E-state index >= 15 is 0 Å². The van der Waals surface area contributed by atoms with Gasteiger partial charge in [0.05, 0.1) is 4.90 Å². The maximum atomic E-state index is 12.6. The lowest BCUT2D eigenvalue weighted by Gasteiger charge is -2.07. The van der Waals surface area contributed by atoms with E-state index in [9.17, 15) is 13.2 Å². The molecule has 5 nitrogen and oxygen atoms in total. The van der Waals surface area contributed by atoms with Gasteiger partial charge in [0.1, 0.15) is 0 Å². The molecule has 0 fully saturated rings. The van der Waals surface area contributed by atoms with Gasteiger partial charge in [0.2, 0.25) is 0 Å². The highest BCUT2D eigenvalue weighted by Gasteiger charge is 2.19. The molecule has 1 N–H and O–H groups in total. The summed E-state index contributed by atoms with van der Waals surface area (Å²) in [5, 5.41) is 1.92. The van der Waals surface area contributed by atoms with Gasteiger partial charge < -0.3 is 4.57 Å². The molecule has 0 spiro atoms. The summed E-state index contributed by atoms with van der Waals surface area (Å²) in [4.78, 5) is 12.6. The molecular formula is C20H15BrN2O3S. The number of benzene rings is 3. The van der Waals surface area contributed by atoms with E-state index in [0.717, 1.165) is 26.3 Å². The summed E-state index contributed by atoms with van der Waals surface area (Å²) >= 11 is 3.26. The Bertz CT molecular complexity index is 1290. The van der Waals surface area contributed by atoms with E-state index in [2.05, 4.69) is 20.7 Å². The largest absolute Gasteiger partial charge is 0.344 e. The van der Waals surface area contributed by atoms with Crippen molar-refractivity contribution in [1.82, 2.24) is 9.29 Å². The first-order chi connectivity index (χ1) is 12.9. The maximum Gasteiger partial charge on any atom is 0.265 e. The first-order valence-corrected chi connectivity index (χ1v) is 10.4. The summed E-state index contributed by atoms with van der Waals surface area (Å²) in [6.45, 7) is 0. The fourth-order valence-electron chi connectivity index (χ4n) is 3.16. The van der Waals surface area contributed by atoms with E-state index in [-0.39, 0.29) is 4.90 Å². The summed E-state index contributed by atoms with van der Waals surface area (Å²) in [5.41, 5.74) is 2.32. The molecule has 0 radical (unpaired) electrons. The summed E-state index contributed by atoms with van der Waals surface area (Å²) < 4.78 is 29.9. The monoisotopic (exact) mass is 442 g/mol. The van der Waals surface area contributed by atoms with Gasteiger partial charge in [0, 0.05) is 38.9 Å². The van der Waals surface area contributed by atoms with Crippen LogP contribution in [0.3, 0.4) is 0 Å². The topological polar surface area (TPSA) is 68.2 Å². The third-order valence-corrected chi connectivity index (χ3v) is 6.40. The Morgan fingerprint density at radius 1 is 0.926 bits per heavy atom. The molecule has 7 heteroatoms. The first-order valence-electron chi connectivity index (χ1n) is 8.17. The molecule has 0 aliphatic carbocycles. The molecule has 27 heavy (non-hydrogen) atoms. The van der Waals surface area contributed by atoms with Crippen molar-refractivity contribution in [2.45, 2.75) is 4.90 Å². The fourth-order valence-corrected chi connectivity index (χ4v) is 4.40. The Morgan fingerprint density at radius 3 is 2.33 bits per heavy atom. The van der Waals surface area contributed by atoms with Crippen molar-refractivity contribution in [3.05, 3.63) is 76.8 Å². The number of aromatic nitrogens is 1. The van der Waals surface area contributed by atoms with E-state index in [1.807, 2.05) is 41.9 Å². The van der Waals surface area contributed by atoms with Gasteiger partial charge in [-0.05, 0) is 48.5 Å². The number of carbonyl (C=O) groups is 1. The Hall–Kier alpha value is -2.64. The second-order valence-corrected chi connectivity index (χ2v) is 8.79. The Balaban J connectivity index is 1.72. The minimum absolute atomic E-state index is 0.0327. The van der Waals surface area contributed by atoms with Crippen LogP contribution in [0, 0.1) is 0 Å². The zero-order valence-corrected chi connectivity index (χ0v) is 16.7. The fraction of sp³-hybridized carbons (Fsp3) is 0.0500. The van der Waals surface area contributed by atoms with E-state index < -0.39 is 15.9 Å². The quantitative estimate of drug-likeness (QED) is 0.516. The molecule has 0 saturated heterocycles. The Kier molecular flexibility index (Phi) is 4.28. The lowest BCUT2D eigenvalue weighted by Crippen LogP contribution is -2.30. The zero-order valence-electron chi connectivity index (χ0n) is 14.3. The SMILES string of the molecule is Cn1c2ccccc2c2cc(C(=O)NS(=O)(=O)c3ccc(Br)cc3)ccc21. The molecule has 4 rings (SSSR count). The molecule has 0 unspecified atom stereocenters. The van der Waals surface area contributed by atoms with Crippen LogP contribution in [0.5, 0.6) is 0 Å². The minimum atomic E-state index is -3.94. The van der Waals surface area contributed by atoms with Crippen LogP contribution >= 0.6 is 15.9 Å². The second-order valence-electron chi connectivity index (χ2n) is 6.20. The Labute approximate surface area is 164 Å². The van der Waals surface area contributed by atoms with E-state index in [4.69, 9.17) is 0 Å². The van der Waals surface area contributed by atoms with Gasteiger partial charge in [-0.25, -0.2) is 13.1 Å². The van der Waals surface area contributed by atoms with Crippen molar-refractivity contribution in [1.29, 1.82) is 0 Å². The number of halogens is 1. The smallest absolute Gasteiger partial charge is 0.265 e. The summed E-state index contributed by atoms with van der Waals surface area (Å²) in [6.07, 6.45) is 0. The van der Waals surface area contributed by atoms with Crippen LogP contribution in [0.1, 0.15) is 10.4 Å². The van der Waals surface area contributed by atoms with Gasteiger partial charge in [0.15, 0.2) is 0 Å². The molecule has 0 bridgehead atoms. The summed E-state index contributed by atoms with van der Waals surface area (Å²) in [7, 11) is -1.98. The number of amides is 1. The zero-order chi connectivity index (χ0) is 19.2. The number of hydrogen-bond acceptors (Lipinski definition) is 3. The number of para-hydroxylation sites is 1. The van der Waals surface area contributed by atoms with Gasteiger partial charge in [-0.2, -0.15) is 0 Å². The molecule has 1 amide bonds. The highest BCUT2D eigenvalue weighted by Crippen LogP contribution is 2.28. The third kappa shape index (κ3) is 3.13. The van der Waals surface area contributed by atoms with Crippen LogP contribution in [0.4, 0.5) is 0 Å². The van der Waals surface area contributed by atoms with Crippen LogP contribution in [-0.4, -0.2) is 18.9 Å². The predicted molar refractivity (Wildman–Crippen MR) is 109 cm³/mol. The number of fused-ring (bicyclic) bond motifs is 3. The molecule has 0 saturated carbocycles. The van der Waals surface area contributed by atoms with Crippen LogP contribution in [-0.2, 0) is 17.1 Å². The van der Waals surface area contributed by atoms with Crippen molar-refractivity contribution in [2.75, 3.05) is 0 Å². The summed E-state index contributed by atoms with van der Waals surface area (Å²) in [5.74, 6) is -0.659. The number of nitrogens with zero attached hydrogens (tertiary/aromatic N) is 1. The number of sulfonamides is 1. The van der Waals surface area contributed by atoms with Gasteiger partial charge in [0.25, 0.3) is 15.9 Å². The van der Waals surface area contributed by atoms with Crippen LogP contribution in [0.25, 0.3) is 21.8 Å². The van der Waals surface area contributed by atoms with Gasteiger partial charge in [-0.15, -0.1) is 0 Å². The number of nitrogens with one attached hydrogen (secondary N) is 1. The summed E-state index contributed by atoms with van der Waals surface area (Å²) in [6, 6.07) is 19.2. The number of rotatable bonds is 3. The first kappa shape index (κ1) is 17.8. The van der Waals surface area contributed by atoms with Crippen LogP contribution in [0.2, 0.25) is 0 Å². The molecule has 0 aliphatic rings. The van der Waals surface area contributed by atoms with Crippen molar-refractivity contribution < 1.29 is 13.2 Å². The molecule has 1 aromatic heterocycles. The minimum Gasteiger partial charge on any atom is -0.344 e. The molecule has 4 aromatic rings. The average Bonchev–Trinajstić information content (AvgIpc) is 2.94. The number of carbonyl (C=O) groups excluding carboxylic acids is 1. The Morgan fingerprint density at radius 2 is 1.59 bits per heavy atom. The predicted octanol–water partition coefficient (Wildman–Crippen LogP) is 4.21. The van der Waals surface area contributed by atoms with Crippen LogP contribution < -0.4 is 4.72 Å². The molecular weight excluding hydrogens is 428 g/mol. The van der Waals surface area contributed by atoms with Crippen molar-refractivity contribution in [2.24, 2.45) is 7.05 Å². The third-order valence-electron chi connectivity index (χ3n) is 4.53. The van der Waals surface area contributed by atoms with Crippen molar-refractivity contribution in [3.8, 4) is 0 Å². The normalized spacial score (nSPS) is 11.8. The average molecular weight is 443 g/mol. The molecule has 136 valence electrons. The van der Waals surface area contributed by atoms with Gasteiger partial charge >= 0.3 is 0 Å². The lowest BCUT2D eigenvalue weighted by atomic mass is 10.1. The maximum absolute atomic E-state index is 12.6. The molecule has 0 aliphatic heterocycles. The number of hydrogen-bond donors (Lipinski definition) is 1.